The summed E-state index contributed by atoms with van der Waals surface area (Å²) >= 11 is 0. The summed E-state index contributed by atoms with van der Waals surface area (Å²) in [5.41, 5.74) is 2.66. The Morgan fingerprint density at radius 1 is 1.11 bits per heavy atom. The molecule has 28 heavy (non-hydrogen) atoms. The topological polar surface area (TPSA) is 75.7 Å². The molecule has 0 radical (unpaired) electrons. The van der Waals surface area contributed by atoms with Crippen LogP contribution in [-0.2, 0) is 21.2 Å². The van der Waals surface area contributed by atoms with Gasteiger partial charge < -0.3 is 10.1 Å². The Morgan fingerprint density at radius 3 is 2.39 bits per heavy atom. The molecule has 2 aromatic rings. The number of hydrogen-bond acceptors (Lipinski definition) is 4. The molecule has 0 atom stereocenters. The number of methoxy groups -OCH3 is 1. The number of amides is 1. The Kier molecular flexibility index (Phi) is 7.87. The maximum absolute atomic E-state index is 12.2. The Bertz CT molecular complexity index is 880. The lowest BCUT2D eigenvalue weighted by atomic mass is 10.1. The van der Waals surface area contributed by atoms with Gasteiger partial charge in [0.25, 0.3) is 0 Å². The number of nitrogens with one attached hydrogen (secondary N) is 1. The summed E-state index contributed by atoms with van der Waals surface area (Å²) in [5.74, 6) is 0.726. The summed E-state index contributed by atoms with van der Waals surface area (Å²) in [6.07, 6.45) is 2.65. The van der Waals surface area contributed by atoms with E-state index in [1.807, 2.05) is 49.4 Å². The highest BCUT2D eigenvalue weighted by Gasteiger charge is 2.18. The van der Waals surface area contributed by atoms with Crippen LogP contribution in [0.2, 0.25) is 0 Å². The fourth-order valence-corrected chi connectivity index (χ4v) is 3.94. The molecule has 0 aromatic heterocycles. The highest BCUT2D eigenvalue weighted by Crippen LogP contribution is 2.22. The fourth-order valence-electron chi connectivity index (χ4n) is 2.92. The molecular formula is C21H28N2O4S. The molecule has 0 spiro atoms. The Morgan fingerprint density at radius 2 is 1.79 bits per heavy atom. The third-order valence-electron chi connectivity index (χ3n) is 4.44. The third kappa shape index (κ3) is 6.56. The Hall–Kier alpha value is -2.54. The first-order valence-corrected chi connectivity index (χ1v) is 11.1. The number of carbonyl (C=O) groups excluding carboxylic acids is 1. The van der Waals surface area contributed by atoms with Gasteiger partial charge in [0, 0.05) is 19.5 Å². The molecule has 0 heterocycles. The number of ether oxygens (including phenoxy) is 1. The zero-order valence-electron chi connectivity index (χ0n) is 16.6. The lowest BCUT2D eigenvalue weighted by molar-refractivity contribution is -0.121. The maximum atomic E-state index is 12.2. The van der Waals surface area contributed by atoms with Gasteiger partial charge in [0.15, 0.2) is 0 Å². The molecule has 0 unspecified atom stereocenters. The van der Waals surface area contributed by atoms with Crippen LogP contribution < -0.4 is 14.4 Å². The normalized spacial score (nSPS) is 11.1. The van der Waals surface area contributed by atoms with Crippen LogP contribution in [0.4, 0.5) is 5.69 Å². The number of sulfonamides is 1. The molecule has 0 fully saturated rings. The summed E-state index contributed by atoms with van der Waals surface area (Å²) < 4.78 is 30.8. The Labute approximate surface area is 167 Å². The number of nitrogens with zero attached hydrogens (tertiary/aromatic N) is 1. The van der Waals surface area contributed by atoms with Crippen LogP contribution in [-0.4, -0.2) is 40.8 Å². The van der Waals surface area contributed by atoms with E-state index in [0.717, 1.165) is 23.3 Å². The quantitative estimate of drug-likeness (QED) is 0.661. The van der Waals surface area contributed by atoms with Gasteiger partial charge in [-0.15, -0.1) is 0 Å². The lowest BCUT2D eigenvalue weighted by Gasteiger charge is -2.24. The second-order valence-corrected chi connectivity index (χ2v) is 8.58. The molecule has 152 valence electrons. The highest BCUT2D eigenvalue weighted by atomic mass is 32.2. The van der Waals surface area contributed by atoms with Gasteiger partial charge in [0.05, 0.1) is 19.1 Å². The molecule has 0 aliphatic rings. The van der Waals surface area contributed by atoms with Crippen molar-refractivity contribution in [3.05, 3.63) is 59.7 Å². The predicted molar refractivity (Wildman–Crippen MR) is 112 cm³/mol. The number of hydrogen-bond donors (Lipinski definition) is 1. The number of para-hydroxylation sites is 1. The molecule has 0 aliphatic carbocycles. The minimum Gasteiger partial charge on any atom is -0.497 e. The smallest absolute Gasteiger partial charge is 0.232 e. The van der Waals surface area contributed by atoms with Gasteiger partial charge >= 0.3 is 0 Å². The molecule has 2 aromatic carbocycles. The minimum absolute atomic E-state index is 0.0771. The van der Waals surface area contributed by atoms with E-state index in [0.29, 0.717) is 18.7 Å². The fraction of sp³-hybridized carbons (Fsp3) is 0.381. The first-order chi connectivity index (χ1) is 13.3. The summed E-state index contributed by atoms with van der Waals surface area (Å²) in [5, 5.41) is 2.89. The number of anilines is 1. The zero-order chi connectivity index (χ0) is 20.6. The largest absolute Gasteiger partial charge is 0.497 e. The average Bonchev–Trinajstić information content (AvgIpc) is 2.66. The standard InChI is InChI=1S/C21H28N2O4S/c1-17-7-4-5-8-20(17)23(28(3,25)26)16-6-9-21(24)22-15-14-18-10-12-19(27-2)13-11-18/h4-5,7-8,10-13H,6,9,14-16H2,1-3H3,(H,22,24). The lowest BCUT2D eigenvalue weighted by Crippen LogP contribution is -2.33. The van der Waals surface area contributed by atoms with Gasteiger partial charge in [0.1, 0.15) is 5.75 Å². The van der Waals surface area contributed by atoms with Crippen molar-refractivity contribution >= 4 is 21.6 Å². The predicted octanol–water partition coefficient (Wildman–Crippen LogP) is 2.91. The van der Waals surface area contributed by atoms with Crippen molar-refractivity contribution in [3.63, 3.8) is 0 Å². The van der Waals surface area contributed by atoms with E-state index in [-0.39, 0.29) is 18.9 Å². The molecule has 0 saturated carbocycles. The van der Waals surface area contributed by atoms with Gasteiger partial charge in [-0.3, -0.25) is 9.10 Å². The number of rotatable bonds is 10. The first kappa shape index (κ1) is 21.8. The Balaban J connectivity index is 1.80. The third-order valence-corrected chi connectivity index (χ3v) is 5.62. The SMILES string of the molecule is COc1ccc(CCNC(=O)CCCN(c2ccccc2C)S(C)(=O)=O)cc1. The van der Waals surface area contributed by atoms with Crippen LogP contribution in [0.5, 0.6) is 5.75 Å². The van der Waals surface area contributed by atoms with E-state index in [4.69, 9.17) is 4.74 Å². The van der Waals surface area contributed by atoms with Crippen LogP contribution in [0.3, 0.4) is 0 Å². The van der Waals surface area contributed by atoms with Crippen molar-refractivity contribution < 1.29 is 17.9 Å². The molecule has 0 aliphatic heterocycles. The van der Waals surface area contributed by atoms with E-state index in [2.05, 4.69) is 5.32 Å². The monoisotopic (exact) mass is 404 g/mol. The zero-order valence-corrected chi connectivity index (χ0v) is 17.5. The summed E-state index contributed by atoms with van der Waals surface area (Å²) in [6, 6.07) is 15.1. The highest BCUT2D eigenvalue weighted by molar-refractivity contribution is 7.92. The van der Waals surface area contributed by atoms with Gasteiger partial charge in [-0.05, 0) is 49.1 Å². The van der Waals surface area contributed by atoms with Crippen molar-refractivity contribution in [2.45, 2.75) is 26.2 Å². The van der Waals surface area contributed by atoms with Gasteiger partial charge in [-0.25, -0.2) is 8.42 Å². The summed E-state index contributed by atoms with van der Waals surface area (Å²) in [4.78, 5) is 12.1. The first-order valence-electron chi connectivity index (χ1n) is 9.24. The van der Waals surface area contributed by atoms with E-state index < -0.39 is 10.0 Å². The van der Waals surface area contributed by atoms with Crippen molar-refractivity contribution in [2.75, 3.05) is 30.8 Å². The van der Waals surface area contributed by atoms with Crippen LogP contribution in [0.25, 0.3) is 0 Å². The van der Waals surface area contributed by atoms with Crippen molar-refractivity contribution in [1.82, 2.24) is 5.32 Å². The molecule has 6 nitrogen and oxygen atoms in total. The maximum Gasteiger partial charge on any atom is 0.232 e. The molecule has 1 N–H and O–H groups in total. The number of benzene rings is 2. The molecule has 1 amide bonds. The van der Waals surface area contributed by atoms with E-state index in [1.54, 1.807) is 13.2 Å². The second-order valence-electron chi connectivity index (χ2n) is 6.67. The van der Waals surface area contributed by atoms with Crippen LogP contribution >= 0.6 is 0 Å². The van der Waals surface area contributed by atoms with Crippen molar-refractivity contribution in [2.24, 2.45) is 0 Å². The van der Waals surface area contributed by atoms with Gasteiger partial charge in [-0.2, -0.15) is 0 Å². The van der Waals surface area contributed by atoms with E-state index in [9.17, 15) is 13.2 Å². The van der Waals surface area contributed by atoms with Crippen LogP contribution in [0, 0.1) is 6.92 Å². The molecule has 2 rings (SSSR count). The second kappa shape index (κ2) is 10.1. The average molecular weight is 405 g/mol. The van der Waals surface area contributed by atoms with Crippen molar-refractivity contribution in [3.8, 4) is 5.75 Å². The van der Waals surface area contributed by atoms with Crippen molar-refractivity contribution in [1.29, 1.82) is 0 Å². The summed E-state index contributed by atoms with van der Waals surface area (Å²) in [6.45, 7) is 2.69. The molecule has 7 heteroatoms. The van der Waals surface area contributed by atoms with Gasteiger partial charge in [-0.1, -0.05) is 30.3 Å². The molecular weight excluding hydrogens is 376 g/mol. The number of carbonyl (C=O) groups is 1. The molecule has 0 saturated heterocycles. The van der Waals surface area contributed by atoms with E-state index in [1.165, 1.54) is 10.6 Å². The summed E-state index contributed by atoms with van der Waals surface area (Å²) in [7, 11) is -1.78. The minimum atomic E-state index is -3.41. The van der Waals surface area contributed by atoms with Crippen LogP contribution in [0.15, 0.2) is 48.5 Å². The van der Waals surface area contributed by atoms with E-state index >= 15 is 0 Å². The number of aryl methyl sites for hydroxylation is 1. The van der Waals surface area contributed by atoms with Crippen LogP contribution in [0.1, 0.15) is 24.0 Å². The van der Waals surface area contributed by atoms with Gasteiger partial charge in [0.2, 0.25) is 15.9 Å². The molecule has 0 bridgehead atoms.